The number of thioether (sulfide) groups is 1. The number of fused-ring (bicyclic) bond motifs is 1. The number of methoxy groups -OCH3 is 1. The van der Waals surface area contributed by atoms with Crippen molar-refractivity contribution in [2.24, 2.45) is 0 Å². The lowest BCUT2D eigenvalue weighted by Crippen LogP contribution is -2.54. The van der Waals surface area contributed by atoms with Gasteiger partial charge < -0.3 is 15.4 Å². The van der Waals surface area contributed by atoms with Gasteiger partial charge in [0.2, 0.25) is 5.91 Å². The first-order valence-electron chi connectivity index (χ1n) is 7.49. The second kappa shape index (κ2) is 6.38. The van der Waals surface area contributed by atoms with Crippen molar-refractivity contribution in [2.75, 3.05) is 26.8 Å². The van der Waals surface area contributed by atoms with Crippen LogP contribution in [0.25, 0.3) is 0 Å². The van der Waals surface area contributed by atoms with Crippen LogP contribution in [0.1, 0.15) is 18.4 Å². The maximum atomic E-state index is 12.4. The molecule has 114 valence electrons. The van der Waals surface area contributed by atoms with Crippen LogP contribution in [-0.4, -0.2) is 43.5 Å². The molecule has 0 aliphatic carbocycles. The molecule has 5 heteroatoms. The number of nitrogens with one attached hydrogen (secondary N) is 2. The fourth-order valence-electron chi connectivity index (χ4n) is 3.17. The highest BCUT2D eigenvalue weighted by Gasteiger charge is 2.35. The van der Waals surface area contributed by atoms with Crippen LogP contribution in [0.4, 0.5) is 0 Å². The molecule has 0 spiro atoms. The lowest BCUT2D eigenvalue weighted by atomic mass is 9.98. The van der Waals surface area contributed by atoms with E-state index in [2.05, 4.69) is 22.8 Å². The van der Waals surface area contributed by atoms with E-state index in [1.165, 1.54) is 10.5 Å². The molecule has 0 aromatic heterocycles. The predicted molar refractivity (Wildman–Crippen MR) is 84.6 cm³/mol. The average Bonchev–Trinajstić information content (AvgIpc) is 3.12. The molecule has 1 amide bonds. The largest absolute Gasteiger partial charge is 0.383 e. The van der Waals surface area contributed by atoms with Crippen molar-refractivity contribution in [1.82, 2.24) is 10.6 Å². The summed E-state index contributed by atoms with van der Waals surface area (Å²) < 4.78 is 5.32. The summed E-state index contributed by atoms with van der Waals surface area (Å²) in [4.78, 5) is 13.7. The standard InChI is InChI=1S/C16H22N2O2S/c1-20-11-16(7-4-8-18-16)10-17-15(19)14-9-12-5-2-3-6-13(12)21-14/h2-3,5-6,14,18H,4,7-11H2,1H3,(H,17,19). The fourth-order valence-corrected chi connectivity index (χ4v) is 4.39. The topological polar surface area (TPSA) is 50.4 Å². The molecule has 0 saturated carbocycles. The molecular formula is C16H22N2O2S. The van der Waals surface area contributed by atoms with E-state index in [9.17, 15) is 4.79 Å². The first-order valence-corrected chi connectivity index (χ1v) is 8.37. The summed E-state index contributed by atoms with van der Waals surface area (Å²) in [6, 6.07) is 8.27. The molecule has 1 saturated heterocycles. The van der Waals surface area contributed by atoms with Crippen LogP contribution in [0.3, 0.4) is 0 Å². The molecule has 0 bridgehead atoms. The zero-order chi connectivity index (χ0) is 14.7. The first-order chi connectivity index (χ1) is 10.2. The highest BCUT2D eigenvalue weighted by Crippen LogP contribution is 2.36. The monoisotopic (exact) mass is 306 g/mol. The normalized spacial score (nSPS) is 27.6. The van der Waals surface area contributed by atoms with Crippen molar-refractivity contribution in [3.8, 4) is 0 Å². The van der Waals surface area contributed by atoms with Crippen molar-refractivity contribution in [2.45, 2.75) is 34.9 Å². The number of rotatable bonds is 5. The second-order valence-electron chi connectivity index (χ2n) is 5.88. The van der Waals surface area contributed by atoms with Crippen LogP contribution in [0, 0.1) is 0 Å². The molecule has 0 radical (unpaired) electrons. The minimum Gasteiger partial charge on any atom is -0.383 e. The molecule has 1 aromatic carbocycles. The van der Waals surface area contributed by atoms with Gasteiger partial charge in [0, 0.05) is 18.6 Å². The maximum absolute atomic E-state index is 12.4. The van der Waals surface area contributed by atoms with Crippen molar-refractivity contribution in [3.05, 3.63) is 29.8 Å². The summed E-state index contributed by atoms with van der Waals surface area (Å²) in [5.74, 6) is 0.139. The first kappa shape index (κ1) is 14.9. The lowest BCUT2D eigenvalue weighted by molar-refractivity contribution is -0.120. The molecule has 1 aromatic rings. The zero-order valence-corrected chi connectivity index (χ0v) is 13.2. The molecule has 2 heterocycles. The van der Waals surface area contributed by atoms with Crippen molar-refractivity contribution < 1.29 is 9.53 Å². The van der Waals surface area contributed by atoms with Crippen LogP contribution < -0.4 is 10.6 Å². The van der Waals surface area contributed by atoms with Crippen LogP contribution in [0.5, 0.6) is 0 Å². The van der Waals surface area contributed by atoms with Crippen LogP contribution >= 0.6 is 11.8 Å². The quantitative estimate of drug-likeness (QED) is 0.867. The van der Waals surface area contributed by atoms with Crippen molar-refractivity contribution in [3.63, 3.8) is 0 Å². The Bertz CT molecular complexity index is 490. The van der Waals surface area contributed by atoms with Gasteiger partial charge in [-0.2, -0.15) is 0 Å². The molecule has 2 aliphatic rings. The highest BCUT2D eigenvalue weighted by atomic mass is 32.2. The number of benzene rings is 1. The average molecular weight is 306 g/mol. The van der Waals surface area contributed by atoms with Gasteiger partial charge in [0.25, 0.3) is 0 Å². The molecule has 21 heavy (non-hydrogen) atoms. The lowest BCUT2D eigenvalue weighted by Gasteiger charge is -2.29. The number of carbonyl (C=O) groups is 1. The molecule has 3 rings (SSSR count). The Kier molecular flexibility index (Phi) is 4.52. The summed E-state index contributed by atoms with van der Waals surface area (Å²) in [5.41, 5.74) is 1.20. The summed E-state index contributed by atoms with van der Waals surface area (Å²) >= 11 is 1.68. The third-order valence-electron chi connectivity index (χ3n) is 4.29. The number of hydrogen-bond donors (Lipinski definition) is 2. The Hall–Kier alpha value is -1.04. The third-order valence-corrected chi connectivity index (χ3v) is 5.61. The number of hydrogen-bond acceptors (Lipinski definition) is 4. The summed E-state index contributed by atoms with van der Waals surface area (Å²) in [6.45, 7) is 2.29. The Labute approximate surface area is 130 Å². The zero-order valence-electron chi connectivity index (χ0n) is 12.4. The van der Waals surface area contributed by atoms with Crippen molar-refractivity contribution in [1.29, 1.82) is 0 Å². The SMILES string of the molecule is COCC1(CNC(=O)C2Cc3ccccc3S2)CCCN1. The highest BCUT2D eigenvalue weighted by molar-refractivity contribution is 8.01. The van der Waals surface area contributed by atoms with E-state index in [1.54, 1.807) is 18.9 Å². The molecule has 2 unspecified atom stereocenters. The Morgan fingerprint density at radius 1 is 1.52 bits per heavy atom. The third kappa shape index (κ3) is 3.25. The van der Waals surface area contributed by atoms with Gasteiger partial charge in [-0.25, -0.2) is 0 Å². The minimum absolute atomic E-state index is 0.00315. The van der Waals surface area contributed by atoms with Gasteiger partial charge in [0.1, 0.15) is 0 Å². The van der Waals surface area contributed by atoms with E-state index >= 15 is 0 Å². The van der Waals surface area contributed by atoms with Gasteiger partial charge in [-0.05, 0) is 37.4 Å². The van der Waals surface area contributed by atoms with Crippen LogP contribution in [0.15, 0.2) is 29.2 Å². The smallest absolute Gasteiger partial charge is 0.233 e. The molecular weight excluding hydrogens is 284 g/mol. The van der Waals surface area contributed by atoms with Gasteiger partial charge in [-0.15, -0.1) is 11.8 Å². The van der Waals surface area contributed by atoms with Gasteiger partial charge in [-0.1, -0.05) is 18.2 Å². The van der Waals surface area contributed by atoms with E-state index in [0.717, 1.165) is 25.8 Å². The van der Waals surface area contributed by atoms with E-state index in [-0.39, 0.29) is 16.7 Å². The van der Waals surface area contributed by atoms with Gasteiger partial charge in [0.15, 0.2) is 0 Å². The van der Waals surface area contributed by atoms with Gasteiger partial charge >= 0.3 is 0 Å². The summed E-state index contributed by atoms with van der Waals surface area (Å²) in [6.07, 6.45) is 3.03. The van der Waals surface area contributed by atoms with Gasteiger partial charge in [0.05, 0.1) is 17.4 Å². The van der Waals surface area contributed by atoms with Crippen LogP contribution in [-0.2, 0) is 16.0 Å². The van der Waals surface area contributed by atoms with E-state index in [0.29, 0.717) is 13.2 Å². The maximum Gasteiger partial charge on any atom is 0.233 e. The van der Waals surface area contributed by atoms with E-state index < -0.39 is 0 Å². The summed E-state index contributed by atoms with van der Waals surface area (Å²) in [5, 5.41) is 6.62. The van der Waals surface area contributed by atoms with Crippen molar-refractivity contribution >= 4 is 17.7 Å². The fraction of sp³-hybridized carbons (Fsp3) is 0.562. The molecule has 2 N–H and O–H groups in total. The van der Waals surface area contributed by atoms with E-state index in [1.807, 2.05) is 12.1 Å². The number of ether oxygens (including phenoxy) is 1. The molecule has 1 fully saturated rings. The molecule has 4 nitrogen and oxygen atoms in total. The minimum atomic E-state index is -0.0828. The van der Waals surface area contributed by atoms with Gasteiger partial charge in [-0.3, -0.25) is 4.79 Å². The number of amides is 1. The van der Waals surface area contributed by atoms with Crippen LogP contribution in [0.2, 0.25) is 0 Å². The Balaban J connectivity index is 1.55. The molecule has 2 atom stereocenters. The second-order valence-corrected chi connectivity index (χ2v) is 7.12. The van der Waals surface area contributed by atoms with E-state index in [4.69, 9.17) is 4.74 Å². The summed E-state index contributed by atoms with van der Waals surface area (Å²) in [7, 11) is 1.72. The number of carbonyl (C=O) groups excluding carboxylic acids is 1. The molecule has 2 aliphatic heterocycles. The predicted octanol–water partition coefficient (Wildman–Crippen LogP) is 1.59. The Morgan fingerprint density at radius 3 is 3.10 bits per heavy atom. The Morgan fingerprint density at radius 2 is 2.38 bits per heavy atom.